The molecule has 2 aromatic heterocycles. The summed E-state index contributed by atoms with van der Waals surface area (Å²) in [6, 6.07) is 11.1. The van der Waals surface area contributed by atoms with Crippen molar-refractivity contribution >= 4 is 40.0 Å². The van der Waals surface area contributed by atoms with Crippen molar-refractivity contribution in [2.75, 3.05) is 4.90 Å². The highest BCUT2D eigenvalue weighted by molar-refractivity contribution is 7.14. The Morgan fingerprint density at radius 1 is 1.14 bits per heavy atom. The van der Waals surface area contributed by atoms with Gasteiger partial charge in [0, 0.05) is 37.8 Å². The van der Waals surface area contributed by atoms with Gasteiger partial charge in [-0.1, -0.05) is 24.3 Å². The number of carbonyl (C=O) groups is 2. The lowest BCUT2D eigenvalue weighted by atomic mass is 10.1. The first-order valence-electron chi connectivity index (χ1n) is 10.6. The highest BCUT2D eigenvalue weighted by atomic mass is 32.1. The maximum Gasteiger partial charge on any atom is 0.244 e. The number of aryl methyl sites for hydroxylation is 1. The van der Waals surface area contributed by atoms with E-state index in [2.05, 4.69) is 15.3 Å². The second-order valence-electron chi connectivity index (χ2n) is 7.58. The Morgan fingerprint density at radius 3 is 2.54 bits per heavy atom. The van der Waals surface area contributed by atoms with Gasteiger partial charge in [0.15, 0.2) is 5.13 Å². The summed E-state index contributed by atoms with van der Waals surface area (Å²) >= 11 is 1.15. The van der Waals surface area contributed by atoms with E-state index in [1.165, 1.54) is 54.3 Å². The molecule has 0 fully saturated rings. The summed E-state index contributed by atoms with van der Waals surface area (Å²) in [5.41, 5.74) is 1.19. The SMILES string of the molecule is CC(=O)N(c1nc(/C=C/C(=O)NC(c2ccc(F)cc2)c2nccn2C)cs1)c1ccccc1F. The van der Waals surface area contributed by atoms with Crippen molar-refractivity contribution in [2.45, 2.75) is 13.0 Å². The van der Waals surface area contributed by atoms with Crippen LogP contribution in [0.2, 0.25) is 0 Å². The van der Waals surface area contributed by atoms with Gasteiger partial charge in [-0.25, -0.2) is 18.7 Å². The van der Waals surface area contributed by atoms with Gasteiger partial charge < -0.3 is 9.88 Å². The number of para-hydroxylation sites is 1. The number of rotatable bonds is 7. The zero-order valence-corrected chi connectivity index (χ0v) is 19.7. The highest BCUT2D eigenvalue weighted by Gasteiger charge is 2.22. The van der Waals surface area contributed by atoms with Gasteiger partial charge >= 0.3 is 0 Å². The third-order valence-corrected chi connectivity index (χ3v) is 5.97. The third kappa shape index (κ3) is 5.49. The normalized spacial score (nSPS) is 12.0. The van der Waals surface area contributed by atoms with E-state index in [0.717, 1.165) is 11.3 Å². The number of aromatic nitrogens is 3. The lowest BCUT2D eigenvalue weighted by molar-refractivity contribution is -0.117. The zero-order chi connectivity index (χ0) is 24.9. The Morgan fingerprint density at radius 2 is 1.89 bits per heavy atom. The monoisotopic (exact) mass is 493 g/mol. The van der Waals surface area contributed by atoms with Crippen LogP contribution in [0.4, 0.5) is 19.6 Å². The number of nitrogens with one attached hydrogen (secondary N) is 1. The van der Waals surface area contributed by atoms with Crippen LogP contribution >= 0.6 is 11.3 Å². The van der Waals surface area contributed by atoms with E-state index < -0.39 is 23.7 Å². The second kappa shape index (κ2) is 10.4. The molecule has 0 saturated heterocycles. The molecule has 2 heterocycles. The van der Waals surface area contributed by atoms with Gasteiger partial charge in [-0.05, 0) is 35.9 Å². The average Bonchev–Trinajstić information content (AvgIpc) is 3.47. The molecule has 0 radical (unpaired) electrons. The fraction of sp³-hybridized carbons (Fsp3) is 0.120. The Hall–Kier alpha value is -4.18. The number of hydrogen-bond donors (Lipinski definition) is 1. The summed E-state index contributed by atoms with van der Waals surface area (Å²) in [6.07, 6.45) is 6.16. The molecule has 2 aromatic carbocycles. The van der Waals surface area contributed by atoms with E-state index in [1.54, 1.807) is 47.6 Å². The van der Waals surface area contributed by atoms with Crippen LogP contribution in [0.25, 0.3) is 6.08 Å². The van der Waals surface area contributed by atoms with Crippen LogP contribution in [-0.4, -0.2) is 26.3 Å². The first-order valence-corrected chi connectivity index (χ1v) is 11.4. The standard InChI is InChI=1S/C25H21F2N5O2S/c1-16(33)32(21-6-4-3-5-20(21)27)25-29-19(15-35-25)11-12-22(34)30-23(24-28-13-14-31(24)2)17-7-9-18(26)10-8-17/h3-15,23H,1-2H3,(H,30,34)/b12-11+. The van der Waals surface area contributed by atoms with E-state index in [9.17, 15) is 18.4 Å². The van der Waals surface area contributed by atoms with Crippen LogP contribution < -0.4 is 10.2 Å². The number of imidazole rings is 1. The van der Waals surface area contributed by atoms with E-state index in [4.69, 9.17) is 0 Å². The first kappa shape index (κ1) is 24.0. The molecule has 4 rings (SSSR count). The maximum absolute atomic E-state index is 14.3. The summed E-state index contributed by atoms with van der Waals surface area (Å²) in [4.78, 5) is 34.8. The lowest BCUT2D eigenvalue weighted by Crippen LogP contribution is -2.29. The molecule has 0 spiro atoms. The molecule has 7 nitrogen and oxygen atoms in total. The molecule has 2 amide bonds. The van der Waals surface area contributed by atoms with Gasteiger partial charge in [0.2, 0.25) is 11.8 Å². The minimum absolute atomic E-state index is 0.0971. The number of halogens is 2. The summed E-state index contributed by atoms with van der Waals surface area (Å²) in [6.45, 7) is 1.32. The molecule has 4 aromatic rings. The van der Waals surface area contributed by atoms with Crippen molar-refractivity contribution < 1.29 is 18.4 Å². The maximum atomic E-state index is 14.3. The van der Waals surface area contributed by atoms with Gasteiger partial charge in [0.1, 0.15) is 23.5 Å². The highest BCUT2D eigenvalue weighted by Crippen LogP contribution is 2.31. The first-order chi connectivity index (χ1) is 16.8. The van der Waals surface area contributed by atoms with Gasteiger partial charge in [-0.3, -0.25) is 14.5 Å². The van der Waals surface area contributed by atoms with Crippen molar-refractivity contribution in [1.29, 1.82) is 0 Å². The molecule has 0 aliphatic heterocycles. The molecule has 1 N–H and O–H groups in total. The van der Waals surface area contributed by atoms with Crippen molar-refractivity contribution in [3.63, 3.8) is 0 Å². The average molecular weight is 494 g/mol. The van der Waals surface area contributed by atoms with Crippen LogP contribution in [-0.2, 0) is 16.6 Å². The quantitative estimate of drug-likeness (QED) is 0.377. The van der Waals surface area contributed by atoms with Crippen molar-refractivity contribution in [1.82, 2.24) is 19.9 Å². The Kier molecular flexibility index (Phi) is 7.11. The molecule has 10 heteroatoms. The van der Waals surface area contributed by atoms with E-state index >= 15 is 0 Å². The second-order valence-corrected chi connectivity index (χ2v) is 8.42. The van der Waals surface area contributed by atoms with Crippen molar-refractivity contribution in [2.24, 2.45) is 7.05 Å². The third-order valence-electron chi connectivity index (χ3n) is 5.12. The molecular formula is C25H21F2N5O2S. The number of anilines is 2. The van der Waals surface area contributed by atoms with Gasteiger partial charge in [0.05, 0.1) is 11.4 Å². The Balaban J connectivity index is 1.53. The largest absolute Gasteiger partial charge is 0.339 e. The molecule has 1 atom stereocenters. The van der Waals surface area contributed by atoms with E-state index in [0.29, 0.717) is 17.1 Å². The fourth-order valence-corrected chi connectivity index (χ4v) is 4.30. The minimum Gasteiger partial charge on any atom is -0.339 e. The number of hydrogen-bond acceptors (Lipinski definition) is 5. The predicted molar refractivity (Wildman–Crippen MR) is 130 cm³/mol. The van der Waals surface area contributed by atoms with Crippen LogP contribution in [0.1, 0.15) is 30.0 Å². The summed E-state index contributed by atoms with van der Waals surface area (Å²) in [5, 5.41) is 4.81. The fourth-order valence-electron chi connectivity index (χ4n) is 3.45. The molecule has 178 valence electrons. The minimum atomic E-state index is -0.604. The molecule has 1 unspecified atom stereocenters. The number of nitrogens with zero attached hydrogens (tertiary/aromatic N) is 4. The topological polar surface area (TPSA) is 80.1 Å². The number of amides is 2. The number of thiazole rings is 1. The van der Waals surface area contributed by atoms with E-state index in [-0.39, 0.29) is 16.6 Å². The smallest absolute Gasteiger partial charge is 0.244 e. The molecule has 0 bridgehead atoms. The zero-order valence-electron chi connectivity index (χ0n) is 18.9. The molecular weight excluding hydrogens is 472 g/mol. The molecule has 0 saturated carbocycles. The molecule has 0 aliphatic rings. The Labute approximate surface area is 204 Å². The van der Waals surface area contributed by atoms with E-state index in [1.807, 2.05) is 0 Å². The molecule has 35 heavy (non-hydrogen) atoms. The van der Waals surface area contributed by atoms with Crippen LogP contribution in [0.3, 0.4) is 0 Å². The summed E-state index contributed by atoms with van der Waals surface area (Å²) in [5.74, 6) is -1.16. The summed E-state index contributed by atoms with van der Waals surface area (Å²) in [7, 11) is 1.80. The predicted octanol–water partition coefficient (Wildman–Crippen LogP) is 4.76. The van der Waals surface area contributed by atoms with Crippen LogP contribution in [0, 0.1) is 11.6 Å². The van der Waals surface area contributed by atoms with Crippen molar-refractivity contribution in [3.8, 4) is 0 Å². The van der Waals surface area contributed by atoms with Crippen LogP contribution in [0.5, 0.6) is 0 Å². The van der Waals surface area contributed by atoms with Gasteiger partial charge in [-0.2, -0.15) is 0 Å². The number of carbonyl (C=O) groups excluding carboxylic acids is 2. The van der Waals surface area contributed by atoms with Gasteiger partial charge in [-0.15, -0.1) is 11.3 Å². The van der Waals surface area contributed by atoms with Crippen LogP contribution in [0.15, 0.2) is 72.4 Å². The van der Waals surface area contributed by atoms with Crippen molar-refractivity contribution in [3.05, 3.63) is 101 Å². The summed E-state index contributed by atoms with van der Waals surface area (Å²) < 4.78 is 29.4. The molecule has 0 aliphatic carbocycles. The van der Waals surface area contributed by atoms with Gasteiger partial charge in [0.25, 0.3) is 0 Å². The number of benzene rings is 2. The lowest BCUT2D eigenvalue weighted by Gasteiger charge is -2.18. The Bertz CT molecular complexity index is 1380.